The molecule has 1 amide bonds. The van der Waals surface area contributed by atoms with Gasteiger partial charge in [0, 0.05) is 12.3 Å². The third kappa shape index (κ3) is 8.56. The fraction of sp³-hybridized carbons (Fsp3) is 0.875. The first-order valence-electron chi connectivity index (χ1n) is 4.60. The molecule has 0 radical (unpaired) electrons. The van der Waals surface area contributed by atoms with E-state index >= 15 is 0 Å². The Kier molecular flexibility index (Phi) is 6.75. The average molecular weight is 244 g/mol. The molecule has 0 bridgehead atoms. The zero-order valence-corrected chi connectivity index (χ0v) is 9.25. The average Bonchev–Trinajstić information content (AvgIpc) is 2.11. The van der Waals surface area contributed by atoms with Gasteiger partial charge >= 0.3 is 5.51 Å². The number of alkyl halides is 3. The molecule has 0 saturated carbocycles. The molecule has 0 aliphatic rings. The molecule has 15 heavy (non-hydrogen) atoms. The van der Waals surface area contributed by atoms with Crippen molar-refractivity contribution < 1.29 is 18.0 Å². The molecule has 0 aliphatic heterocycles. The normalized spacial score (nSPS) is 13.7. The molecule has 0 heterocycles. The van der Waals surface area contributed by atoms with Crippen LogP contribution < -0.4 is 11.1 Å². The van der Waals surface area contributed by atoms with E-state index in [1.54, 1.807) is 0 Å². The maximum atomic E-state index is 11.7. The summed E-state index contributed by atoms with van der Waals surface area (Å²) in [6.45, 7) is 1.87. The van der Waals surface area contributed by atoms with Gasteiger partial charge in [0.1, 0.15) is 0 Å². The summed E-state index contributed by atoms with van der Waals surface area (Å²) in [6.07, 6.45) is 1.31. The predicted molar refractivity (Wildman–Crippen MR) is 54.4 cm³/mol. The van der Waals surface area contributed by atoms with E-state index in [1.165, 1.54) is 0 Å². The molecular formula is C8H15F3N2OS. The van der Waals surface area contributed by atoms with E-state index in [2.05, 4.69) is 5.32 Å². The molecular weight excluding hydrogens is 229 g/mol. The van der Waals surface area contributed by atoms with Crippen LogP contribution in [0.15, 0.2) is 0 Å². The fourth-order valence-corrected chi connectivity index (χ4v) is 1.35. The molecule has 0 fully saturated rings. The van der Waals surface area contributed by atoms with Crippen LogP contribution in [0, 0.1) is 0 Å². The van der Waals surface area contributed by atoms with Crippen LogP contribution >= 0.6 is 11.8 Å². The van der Waals surface area contributed by atoms with Crippen molar-refractivity contribution in [3.63, 3.8) is 0 Å². The zero-order valence-electron chi connectivity index (χ0n) is 8.43. The minimum Gasteiger partial charge on any atom is -0.354 e. The predicted octanol–water partition coefficient (Wildman–Crippen LogP) is 1.48. The number of hydrogen-bond donors (Lipinski definition) is 2. The molecule has 90 valence electrons. The second kappa shape index (κ2) is 6.95. The number of nitrogens with one attached hydrogen (secondary N) is 1. The van der Waals surface area contributed by atoms with Gasteiger partial charge in [-0.05, 0) is 18.2 Å². The topological polar surface area (TPSA) is 55.1 Å². The van der Waals surface area contributed by atoms with Crippen LogP contribution in [0.2, 0.25) is 0 Å². The van der Waals surface area contributed by atoms with Gasteiger partial charge in [0.15, 0.2) is 0 Å². The third-order valence-corrected chi connectivity index (χ3v) is 2.34. The largest absolute Gasteiger partial charge is 0.441 e. The summed E-state index contributed by atoms with van der Waals surface area (Å²) in [5, 5.41) is 2.36. The molecule has 0 aromatic heterocycles. The third-order valence-electron chi connectivity index (χ3n) is 1.60. The number of hydrogen-bond acceptors (Lipinski definition) is 3. The lowest BCUT2D eigenvalue weighted by Gasteiger charge is -2.11. The van der Waals surface area contributed by atoms with Crippen LogP contribution in [-0.4, -0.2) is 29.8 Å². The standard InChI is InChI=1S/C8H15F3N2OS/c1-2-3-6(12)7(14)13-4-5-15-8(9,10)11/h6H,2-5,12H2,1H3,(H,13,14)/t6-/m1/s1. The Morgan fingerprint density at radius 2 is 2.13 bits per heavy atom. The zero-order chi connectivity index (χ0) is 11.9. The number of amides is 1. The van der Waals surface area contributed by atoms with E-state index in [4.69, 9.17) is 5.73 Å². The molecule has 0 saturated heterocycles. The molecule has 0 rings (SSSR count). The molecule has 7 heteroatoms. The molecule has 0 unspecified atom stereocenters. The SMILES string of the molecule is CCC[C@@H](N)C(=O)NCCSC(F)(F)F. The number of nitrogens with two attached hydrogens (primary N) is 1. The van der Waals surface area contributed by atoms with Crippen molar-refractivity contribution in [2.45, 2.75) is 31.3 Å². The minimum absolute atomic E-state index is 0.0135. The van der Waals surface area contributed by atoms with Gasteiger partial charge in [0.05, 0.1) is 6.04 Å². The highest BCUT2D eigenvalue weighted by Crippen LogP contribution is 2.29. The van der Waals surface area contributed by atoms with Crippen LogP contribution in [0.3, 0.4) is 0 Å². The maximum absolute atomic E-state index is 11.7. The highest BCUT2D eigenvalue weighted by molar-refractivity contribution is 8.00. The summed E-state index contributed by atoms with van der Waals surface area (Å²) >= 11 is -0.155. The molecule has 0 aromatic carbocycles. The van der Waals surface area contributed by atoms with Crippen molar-refractivity contribution in [1.82, 2.24) is 5.32 Å². The van der Waals surface area contributed by atoms with Gasteiger partial charge in [-0.15, -0.1) is 0 Å². The van der Waals surface area contributed by atoms with Crippen LogP contribution in [0.1, 0.15) is 19.8 Å². The second-order valence-electron chi connectivity index (χ2n) is 2.98. The van der Waals surface area contributed by atoms with Crippen LogP contribution in [0.5, 0.6) is 0 Å². The van der Waals surface area contributed by atoms with Crippen molar-refractivity contribution in [3.05, 3.63) is 0 Å². The molecule has 1 atom stereocenters. The van der Waals surface area contributed by atoms with Crippen molar-refractivity contribution in [1.29, 1.82) is 0 Å². The number of halogens is 3. The van der Waals surface area contributed by atoms with Crippen molar-refractivity contribution in [3.8, 4) is 0 Å². The Morgan fingerprint density at radius 1 is 1.53 bits per heavy atom. The highest BCUT2D eigenvalue weighted by atomic mass is 32.2. The van der Waals surface area contributed by atoms with E-state index in [1.807, 2.05) is 6.92 Å². The quantitative estimate of drug-likeness (QED) is 0.696. The van der Waals surface area contributed by atoms with Crippen LogP contribution in [-0.2, 0) is 4.79 Å². The first kappa shape index (κ1) is 14.6. The van der Waals surface area contributed by atoms with E-state index in [-0.39, 0.29) is 30.0 Å². The molecule has 0 aromatic rings. The molecule has 3 N–H and O–H groups in total. The van der Waals surface area contributed by atoms with Gasteiger partial charge in [-0.25, -0.2) is 0 Å². The van der Waals surface area contributed by atoms with Crippen LogP contribution in [0.4, 0.5) is 13.2 Å². The van der Waals surface area contributed by atoms with E-state index in [0.29, 0.717) is 6.42 Å². The van der Waals surface area contributed by atoms with Crippen molar-refractivity contribution >= 4 is 17.7 Å². The Labute approximate surface area is 91.0 Å². The number of carbonyl (C=O) groups excluding carboxylic acids is 1. The Balaban J connectivity index is 3.55. The summed E-state index contributed by atoms with van der Waals surface area (Å²) < 4.78 is 35.1. The summed E-state index contributed by atoms with van der Waals surface area (Å²) in [6, 6.07) is -0.620. The van der Waals surface area contributed by atoms with E-state index in [0.717, 1.165) is 6.42 Å². The van der Waals surface area contributed by atoms with Gasteiger partial charge in [-0.2, -0.15) is 13.2 Å². The summed E-state index contributed by atoms with van der Waals surface area (Å²) in [7, 11) is 0. The van der Waals surface area contributed by atoms with E-state index in [9.17, 15) is 18.0 Å². The van der Waals surface area contributed by atoms with Crippen LogP contribution in [0.25, 0.3) is 0 Å². The summed E-state index contributed by atoms with van der Waals surface area (Å²) in [5.41, 5.74) is 1.21. The molecule has 0 aliphatic carbocycles. The monoisotopic (exact) mass is 244 g/mol. The number of carbonyl (C=O) groups is 1. The smallest absolute Gasteiger partial charge is 0.354 e. The van der Waals surface area contributed by atoms with Crippen molar-refractivity contribution in [2.75, 3.05) is 12.3 Å². The summed E-state index contributed by atoms with van der Waals surface area (Å²) in [5.74, 6) is -0.576. The van der Waals surface area contributed by atoms with Gasteiger partial charge in [-0.3, -0.25) is 4.79 Å². The number of rotatable bonds is 6. The molecule has 3 nitrogen and oxygen atoms in total. The van der Waals surface area contributed by atoms with Crippen molar-refractivity contribution in [2.24, 2.45) is 5.73 Å². The van der Waals surface area contributed by atoms with Gasteiger partial charge < -0.3 is 11.1 Å². The molecule has 0 spiro atoms. The lowest BCUT2D eigenvalue weighted by atomic mass is 10.2. The first-order chi connectivity index (χ1) is 6.87. The second-order valence-corrected chi connectivity index (χ2v) is 4.14. The lowest BCUT2D eigenvalue weighted by molar-refractivity contribution is -0.122. The maximum Gasteiger partial charge on any atom is 0.441 e. The summed E-state index contributed by atoms with van der Waals surface area (Å²) in [4.78, 5) is 11.1. The van der Waals surface area contributed by atoms with E-state index < -0.39 is 11.6 Å². The van der Waals surface area contributed by atoms with Gasteiger partial charge in [-0.1, -0.05) is 13.3 Å². The van der Waals surface area contributed by atoms with Gasteiger partial charge in [0.2, 0.25) is 5.91 Å². The number of thioether (sulfide) groups is 1. The highest BCUT2D eigenvalue weighted by Gasteiger charge is 2.27. The fourth-order valence-electron chi connectivity index (χ4n) is 0.914. The minimum atomic E-state index is -4.24. The Bertz CT molecular complexity index is 199. The Morgan fingerprint density at radius 3 is 2.60 bits per heavy atom. The van der Waals surface area contributed by atoms with Gasteiger partial charge in [0.25, 0.3) is 0 Å². The first-order valence-corrected chi connectivity index (χ1v) is 5.59. The Hall–Kier alpha value is -0.430. The lowest BCUT2D eigenvalue weighted by Crippen LogP contribution is -2.41.